The Balaban J connectivity index is 4.10. The molecular weight excluding hydrogens is 1050 g/mol. The standard InChI is InChI=1S/C76H131NO8/c1-6-8-10-12-14-16-18-20-22-24-26-28-30-31-32-33-34-35-36-37-38-39-40-41-42-43-45-46-48-50-52-54-56-58-60-62-64-66-73(78)83-70-72(71-84-76(75(80)81)82-69-68-77(3,4)5)85-74(79)67-65-63-61-59-57-55-53-51-49-47-44-29-27-25-23-21-19-17-15-13-11-9-7-2/h9,11,15,17-18,20-21,23-24,26-27,29,47,49,53,55,59,61,72,76H,6-8,10,12-14,16,19,22,25,28,30-46,48,50-52,54,56-58,60,62-71H2,1-5H3/p+1/b11-9-,17-15-,20-18-,23-21-,26-24-,29-27-,49-47-,55-53-,61-59-. The molecule has 0 aliphatic rings. The van der Waals surface area contributed by atoms with Crippen LogP contribution in [0.4, 0.5) is 0 Å². The fourth-order valence-electron chi connectivity index (χ4n) is 9.68. The van der Waals surface area contributed by atoms with Crippen LogP contribution in [0.15, 0.2) is 109 Å². The van der Waals surface area contributed by atoms with E-state index < -0.39 is 24.3 Å². The first-order valence-corrected chi connectivity index (χ1v) is 35.1. The number of carbonyl (C=O) groups is 3. The highest BCUT2D eigenvalue weighted by atomic mass is 16.7. The van der Waals surface area contributed by atoms with Crippen molar-refractivity contribution in [2.45, 2.75) is 309 Å². The van der Waals surface area contributed by atoms with Gasteiger partial charge in [0.15, 0.2) is 6.10 Å². The smallest absolute Gasteiger partial charge is 0.361 e. The van der Waals surface area contributed by atoms with Crippen molar-refractivity contribution < 1.29 is 42.9 Å². The van der Waals surface area contributed by atoms with Crippen molar-refractivity contribution >= 4 is 17.9 Å². The van der Waals surface area contributed by atoms with Gasteiger partial charge in [0.1, 0.15) is 13.2 Å². The summed E-state index contributed by atoms with van der Waals surface area (Å²) < 4.78 is 22.9. The van der Waals surface area contributed by atoms with Crippen LogP contribution in [0.25, 0.3) is 0 Å². The molecule has 9 nitrogen and oxygen atoms in total. The number of quaternary nitrogens is 1. The molecular formula is C76H132NO8+. The molecule has 0 saturated heterocycles. The first-order chi connectivity index (χ1) is 41.6. The first kappa shape index (κ1) is 81.0. The summed E-state index contributed by atoms with van der Waals surface area (Å²) in [4.78, 5) is 37.5. The lowest BCUT2D eigenvalue weighted by atomic mass is 10.0. The molecule has 0 bridgehead atoms. The van der Waals surface area contributed by atoms with Crippen molar-refractivity contribution in [1.82, 2.24) is 0 Å². The minimum atomic E-state index is -1.53. The van der Waals surface area contributed by atoms with Crippen molar-refractivity contribution in [3.05, 3.63) is 109 Å². The van der Waals surface area contributed by atoms with E-state index in [1.54, 1.807) is 0 Å². The van der Waals surface area contributed by atoms with Crippen molar-refractivity contribution in [3.8, 4) is 0 Å². The van der Waals surface area contributed by atoms with E-state index in [2.05, 4.69) is 123 Å². The van der Waals surface area contributed by atoms with E-state index in [0.29, 0.717) is 23.9 Å². The molecule has 85 heavy (non-hydrogen) atoms. The number of unbranched alkanes of at least 4 members (excludes halogenated alkanes) is 31. The van der Waals surface area contributed by atoms with Gasteiger partial charge in [-0.1, -0.05) is 297 Å². The van der Waals surface area contributed by atoms with Crippen LogP contribution in [0, 0.1) is 0 Å². The number of carboxylic acid groups (broad SMARTS) is 1. The van der Waals surface area contributed by atoms with Gasteiger partial charge in [0, 0.05) is 12.8 Å². The molecule has 0 saturated carbocycles. The van der Waals surface area contributed by atoms with E-state index in [0.717, 1.165) is 70.6 Å². The molecule has 0 spiro atoms. The highest BCUT2D eigenvalue weighted by Crippen LogP contribution is 2.17. The Labute approximate surface area is 524 Å². The predicted octanol–water partition coefficient (Wildman–Crippen LogP) is 21.8. The maximum Gasteiger partial charge on any atom is 0.361 e. The van der Waals surface area contributed by atoms with Crippen LogP contribution in [0.1, 0.15) is 296 Å². The Morgan fingerprint density at radius 1 is 0.365 bits per heavy atom. The molecule has 1 N–H and O–H groups in total. The summed E-state index contributed by atoms with van der Waals surface area (Å²) in [6, 6.07) is 0. The third-order valence-corrected chi connectivity index (χ3v) is 15.0. The summed E-state index contributed by atoms with van der Waals surface area (Å²) in [6.07, 6.45) is 89.4. The van der Waals surface area contributed by atoms with Gasteiger partial charge in [-0.3, -0.25) is 9.59 Å². The molecule has 0 aliphatic carbocycles. The van der Waals surface area contributed by atoms with Gasteiger partial charge in [-0.05, 0) is 96.3 Å². The third-order valence-electron chi connectivity index (χ3n) is 15.0. The fourth-order valence-corrected chi connectivity index (χ4v) is 9.68. The summed E-state index contributed by atoms with van der Waals surface area (Å²) in [5.74, 6) is -2.08. The average molecular weight is 1190 g/mol. The van der Waals surface area contributed by atoms with Gasteiger partial charge in [-0.15, -0.1) is 0 Å². The first-order valence-electron chi connectivity index (χ1n) is 35.1. The summed E-state index contributed by atoms with van der Waals surface area (Å²) in [5.41, 5.74) is 0. The van der Waals surface area contributed by atoms with Crippen LogP contribution >= 0.6 is 0 Å². The summed E-state index contributed by atoms with van der Waals surface area (Å²) in [7, 11) is 5.95. The number of ether oxygens (including phenoxy) is 4. The minimum absolute atomic E-state index is 0.173. The molecule has 0 aliphatic heterocycles. The summed E-state index contributed by atoms with van der Waals surface area (Å²) in [5, 5.41) is 9.73. The van der Waals surface area contributed by atoms with E-state index in [1.807, 2.05) is 21.1 Å². The van der Waals surface area contributed by atoms with Crippen molar-refractivity contribution in [2.24, 2.45) is 0 Å². The number of esters is 2. The maximum absolute atomic E-state index is 12.9. The Morgan fingerprint density at radius 2 is 0.682 bits per heavy atom. The molecule has 0 aromatic heterocycles. The number of nitrogens with zero attached hydrogens (tertiary/aromatic N) is 1. The van der Waals surface area contributed by atoms with Crippen LogP contribution < -0.4 is 0 Å². The second-order valence-corrected chi connectivity index (χ2v) is 24.5. The molecule has 0 heterocycles. The van der Waals surface area contributed by atoms with E-state index >= 15 is 0 Å². The van der Waals surface area contributed by atoms with Gasteiger partial charge in [0.05, 0.1) is 34.4 Å². The largest absolute Gasteiger partial charge is 0.477 e. The van der Waals surface area contributed by atoms with E-state index in [1.165, 1.54) is 186 Å². The van der Waals surface area contributed by atoms with Crippen LogP contribution in [0.3, 0.4) is 0 Å². The lowest BCUT2D eigenvalue weighted by Gasteiger charge is -2.25. The van der Waals surface area contributed by atoms with Crippen LogP contribution in [-0.2, 0) is 33.3 Å². The number of rotatable bonds is 64. The van der Waals surface area contributed by atoms with Crippen molar-refractivity contribution in [1.29, 1.82) is 0 Å². The second-order valence-electron chi connectivity index (χ2n) is 24.5. The minimum Gasteiger partial charge on any atom is -0.477 e. The average Bonchev–Trinajstić information content (AvgIpc) is 3.49. The molecule has 9 heteroatoms. The highest BCUT2D eigenvalue weighted by Gasteiger charge is 2.25. The Morgan fingerprint density at radius 3 is 1.04 bits per heavy atom. The number of carboxylic acids is 1. The highest BCUT2D eigenvalue weighted by molar-refractivity contribution is 5.71. The number of hydrogen-bond acceptors (Lipinski definition) is 7. The molecule has 0 aromatic rings. The van der Waals surface area contributed by atoms with Gasteiger partial charge < -0.3 is 28.5 Å². The zero-order valence-electron chi connectivity index (χ0n) is 55.7. The second kappa shape index (κ2) is 65.9. The van der Waals surface area contributed by atoms with Crippen molar-refractivity contribution in [2.75, 3.05) is 47.5 Å². The van der Waals surface area contributed by atoms with Crippen LogP contribution in [0.2, 0.25) is 0 Å². The van der Waals surface area contributed by atoms with Gasteiger partial charge in [0.25, 0.3) is 6.29 Å². The molecule has 2 unspecified atom stereocenters. The number of likely N-dealkylation sites (N-methyl/N-ethyl adjacent to an activating group) is 1. The van der Waals surface area contributed by atoms with Crippen LogP contribution in [-0.4, -0.2) is 87.4 Å². The Hall–Kier alpha value is -4.05. The quantitative estimate of drug-likeness (QED) is 0.0211. The third kappa shape index (κ3) is 67.3. The molecule has 0 radical (unpaired) electrons. The molecule has 0 amide bonds. The topological polar surface area (TPSA) is 108 Å². The van der Waals surface area contributed by atoms with Gasteiger partial charge >= 0.3 is 17.9 Å². The summed E-state index contributed by atoms with van der Waals surface area (Å²) in [6.45, 7) is 4.70. The van der Waals surface area contributed by atoms with Crippen molar-refractivity contribution in [3.63, 3.8) is 0 Å². The zero-order valence-corrected chi connectivity index (χ0v) is 55.7. The molecule has 488 valence electrons. The Bertz CT molecular complexity index is 1760. The molecule has 0 fully saturated rings. The van der Waals surface area contributed by atoms with E-state index in [9.17, 15) is 19.5 Å². The zero-order chi connectivity index (χ0) is 61.9. The monoisotopic (exact) mass is 1190 g/mol. The predicted molar refractivity (Wildman–Crippen MR) is 364 cm³/mol. The summed E-state index contributed by atoms with van der Waals surface area (Å²) >= 11 is 0. The molecule has 2 atom stereocenters. The SMILES string of the molecule is CC/C=C\C/C=C\C/C=C\C/C=C\C/C=C\C/C=C\C/C=C\CCCC(=O)OC(COC(=O)CCCCCCCCCCCCCCCCCCCCCCCCCCC/C=C\C/C=C\CCCCCCC)COC(OCC[N+](C)(C)C)C(=O)O. The number of allylic oxidation sites excluding steroid dienone is 18. The fraction of sp³-hybridized carbons (Fsp3) is 0.724. The van der Waals surface area contributed by atoms with Gasteiger partial charge in [-0.2, -0.15) is 0 Å². The normalized spacial score (nSPS) is 13.4. The molecule has 0 aromatic carbocycles. The van der Waals surface area contributed by atoms with E-state index in [-0.39, 0.29) is 38.6 Å². The number of aliphatic carboxylic acids is 1. The number of hydrogen-bond donors (Lipinski definition) is 1. The van der Waals surface area contributed by atoms with Gasteiger partial charge in [-0.25, -0.2) is 4.79 Å². The maximum atomic E-state index is 12.9. The van der Waals surface area contributed by atoms with Gasteiger partial charge in [0.2, 0.25) is 0 Å². The Kier molecular flexibility index (Phi) is 62.8. The van der Waals surface area contributed by atoms with Crippen LogP contribution in [0.5, 0.6) is 0 Å². The lowest BCUT2D eigenvalue weighted by Crippen LogP contribution is -2.40. The lowest BCUT2D eigenvalue weighted by molar-refractivity contribution is -0.870. The molecule has 0 rings (SSSR count). The number of carbonyl (C=O) groups excluding carboxylic acids is 2. The van der Waals surface area contributed by atoms with E-state index in [4.69, 9.17) is 18.9 Å².